The quantitative estimate of drug-likeness (QED) is 0.831. The third kappa shape index (κ3) is 3.17. The van der Waals surface area contributed by atoms with Crippen molar-refractivity contribution in [3.8, 4) is 5.75 Å². The van der Waals surface area contributed by atoms with Crippen LogP contribution in [0.4, 0.5) is 0 Å². The molecule has 0 unspecified atom stereocenters. The number of hydrogen-bond acceptors (Lipinski definition) is 3. The second kappa shape index (κ2) is 6.31. The average Bonchev–Trinajstić information content (AvgIpc) is 2.40. The van der Waals surface area contributed by atoms with Gasteiger partial charge in [0, 0.05) is 10.5 Å². The summed E-state index contributed by atoms with van der Waals surface area (Å²) in [4.78, 5) is 1.36. The summed E-state index contributed by atoms with van der Waals surface area (Å²) in [7, 11) is 1.77. The van der Waals surface area contributed by atoms with Gasteiger partial charge >= 0.3 is 0 Å². The van der Waals surface area contributed by atoms with Crippen molar-refractivity contribution in [1.29, 1.82) is 0 Å². The van der Waals surface area contributed by atoms with Crippen molar-refractivity contribution in [3.05, 3.63) is 23.8 Å². The molecule has 0 saturated carbocycles. The minimum absolute atomic E-state index is 0.804. The highest BCUT2D eigenvalue weighted by Crippen LogP contribution is 2.32. The lowest BCUT2D eigenvalue weighted by atomic mass is 9.90. The van der Waals surface area contributed by atoms with E-state index < -0.39 is 0 Å². The fourth-order valence-corrected chi connectivity index (χ4v) is 3.15. The number of hydrogen-bond donors (Lipinski definition) is 1. The summed E-state index contributed by atoms with van der Waals surface area (Å²) in [6, 6.07) is 6.36. The van der Waals surface area contributed by atoms with Crippen molar-refractivity contribution < 1.29 is 4.74 Å². The van der Waals surface area contributed by atoms with Crippen LogP contribution in [0.2, 0.25) is 0 Å². The van der Waals surface area contributed by atoms with E-state index in [4.69, 9.17) is 4.74 Å². The highest BCUT2D eigenvalue weighted by molar-refractivity contribution is 7.98. The molecule has 0 bridgehead atoms. The summed E-state index contributed by atoms with van der Waals surface area (Å²) in [5.41, 5.74) is 1.40. The molecule has 1 aliphatic rings. The number of thioether (sulfide) groups is 1. The van der Waals surface area contributed by atoms with Crippen molar-refractivity contribution in [2.24, 2.45) is 5.92 Å². The predicted molar refractivity (Wildman–Crippen MR) is 74.1 cm³/mol. The van der Waals surface area contributed by atoms with Gasteiger partial charge in [-0.15, -0.1) is 11.8 Å². The summed E-state index contributed by atoms with van der Waals surface area (Å²) in [6.45, 7) is 2.32. The maximum absolute atomic E-state index is 5.50. The molecule has 3 heteroatoms. The number of ether oxygens (including phenoxy) is 1. The molecule has 2 nitrogen and oxygen atoms in total. The molecular weight excluding hydrogens is 230 g/mol. The average molecular weight is 251 g/mol. The Bertz CT molecular complexity index is 339. The van der Waals surface area contributed by atoms with Crippen LogP contribution in [0, 0.1) is 5.92 Å². The Morgan fingerprint density at radius 1 is 1.35 bits per heavy atom. The molecule has 17 heavy (non-hydrogen) atoms. The van der Waals surface area contributed by atoms with Crippen LogP contribution in [0.3, 0.4) is 0 Å². The fraction of sp³-hybridized carbons (Fsp3) is 0.571. The van der Waals surface area contributed by atoms with Crippen molar-refractivity contribution >= 4 is 11.8 Å². The van der Waals surface area contributed by atoms with E-state index in [1.54, 1.807) is 7.11 Å². The molecule has 0 aromatic heterocycles. The Morgan fingerprint density at radius 2 is 2.12 bits per heavy atom. The first-order valence-corrected chi connectivity index (χ1v) is 7.48. The molecule has 1 saturated heterocycles. The maximum atomic E-state index is 5.50. The zero-order valence-corrected chi connectivity index (χ0v) is 11.5. The van der Waals surface area contributed by atoms with Crippen LogP contribution in [-0.4, -0.2) is 26.5 Å². The zero-order chi connectivity index (χ0) is 12.1. The van der Waals surface area contributed by atoms with E-state index >= 15 is 0 Å². The lowest BCUT2D eigenvalue weighted by Gasteiger charge is -2.24. The number of methoxy groups -OCH3 is 1. The molecule has 1 fully saturated rings. The van der Waals surface area contributed by atoms with E-state index in [0.29, 0.717) is 0 Å². The molecule has 0 aliphatic carbocycles. The Balaban J connectivity index is 2.16. The van der Waals surface area contributed by atoms with Crippen LogP contribution in [-0.2, 0) is 6.42 Å². The highest BCUT2D eigenvalue weighted by atomic mass is 32.2. The number of rotatable bonds is 4. The predicted octanol–water partition coefficient (Wildman–Crippen LogP) is 2.96. The zero-order valence-electron chi connectivity index (χ0n) is 10.7. The molecule has 1 N–H and O–H groups in total. The van der Waals surface area contributed by atoms with E-state index in [9.17, 15) is 0 Å². The van der Waals surface area contributed by atoms with Crippen LogP contribution in [0.25, 0.3) is 0 Å². The van der Waals surface area contributed by atoms with Gasteiger partial charge in [0.2, 0.25) is 0 Å². The standard InChI is InChI=1S/C14H21NOS/c1-16-13-4-3-5-14(17-2)12(13)10-11-6-8-15-9-7-11/h3-5,11,15H,6-10H2,1-2H3. The minimum atomic E-state index is 0.804. The summed E-state index contributed by atoms with van der Waals surface area (Å²) >= 11 is 1.82. The molecule has 0 radical (unpaired) electrons. The summed E-state index contributed by atoms with van der Waals surface area (Å²) in [5, 5.41) is 3.42. The molecule has 2 rings (SSSR count). The van der Waals surface area contributed by atoms with Gasteiger partial charge in [-0.3, -0.25) is 0 Å². The molecule has 0 spiro atoms. The second-order valence-corrected chi connectivity index (χ2v) is 5.39. The lowest BCUT2D eigenvalue weighted by molar-refractivity contribution is 0.359. The largest absolute Gasteiger partial charge is 0.496 e. The van der Waals surface area contributed by atoms with Gasteiger partial charge in [0.05, 0.1) is 7.11 Å². The van der Waals surface area contributed by atoms with E-state index in [-0.39, 0.29) is 0 Å². The Morgan fingerprint density at radius 3 is 2.76 bits per heavy atom. The topological polar surface area (TPSA) is 21.3 Å². The number of nitrogens with one attached hydrogen (secondary N) is 1. The third-order valence-corrected chi connectivity index (χ3v) is 4.30. The van der Waals surface area contributed by atoms with Crippen LogP contribution >= 0.6 is 11.8 Å². The third-order valence-electron chi connectivity index (χ3n) is 3.48. The van der Waals surface area contributed by atoms with Crippen LogP contribution in [0.1, 0.15) is 18.4 Å². The van der Waals surface area contributed by atoms with Crippen LogP contribution in [0.15, 0.2) is 23.1 Å². The molecule has 1 aromatic rings. The summed E-state index contributed by atoms with van der Waals surface area (Å²) in [6.07, 6.45) is 5.86. The number of benzene rings is 1. The molecular formula is C14H21NOS. The minimum Gasteiger partial charge on any atom is -0.496 e. The van der Waals surface area contributed by atoms with Crippen LogP contribution < -0.4 is 10.1 Å². The van der Waals surface area contributed by atoms with Crippen LogP contribution in [0.5, 0.6) is 5.75 Å². The Kier molecular flexibility index (Phi) is 4.75. The first-order valence-electron chi connectivity index (χ1n) is 6.25. The molecule has 1 heterocycles. The van der Waals surface area contributed by atoms with Crippen molar-refractivity contribution in [3.63, 3.8) is 0 Å². The van der Waals surface area contributed by atoms with Crippen molar-refractivity contribution in [1.82, 2.24) is 5.32 Å². The second-order valence-electron chi connectivity index (χ2n) is 4.54. The fourth-order valence-electron chi connectivity index (χ4n) is 2.50. The summed E-state index contributed by atoms with van der Waals surface area (Å²) < 4.78 is 5.50. The summed E-state index contributed by atoms with van der Waals surface area (Å²) in [5.74, 6) is 1.86. The first kappa shape index (κ1) is 12.8. The van der Waals surface area contributed by atoms with Gasteiger partial charge < -0.3 is 10.1 Å². The molecule has 0 amide bonds. The highest BCUT2D eigenvalue weighted by Gasteiger charge is 2.17. The smallest absolute Gasteiger partial charge is 0.123 e. The molecule has 94 valence electrons. The Hall–Kier alpha value is -0.670. The number of piperidine rings is 1. The van der Waals surface area contributed by atoms with Gasteiger partial charge in [-0.25, -0.2) is 0 Å². The monoisotopic (exact) mass is 251 g/mol. The first-order chi connectivity index (χ1) is 8.35. The SMILES string of the molecule is COc1cccc(SC)c1CC1CCNCC1. The lowest BCUT2D eigenvalue weighted by Crippen LogP contribution is -2.28. The van der Waals surface area contributed by atoms with E-state index in [1.807, 2.05) is 11.8 Å². The molecule has 1 aliphatic heterocycles. The van der Waals surface area contributed by atoms with E-state index in [1.165, 1.54) is 23.3 Å². The van der Waals surface area contributed by atoms with Gasteiger partial charge in [0.15, 0.2) is 0 Å². The van der Waals surface area contributed by atoms with Gasteiger partial charge in [-0.05, 0) is 56.7 Å². The van der Waals surface area contributed by atoms with Gasteiger partial charge in [0.25, 0.3) is 0 Å². The Labute approximate surface area is 108 Å². The van der Waals surface area contributed by atoms with E-state index in [2.05, 4.69) is 29.8 Å². The van der Waals surface area contributed by atoms with Crippen molar-refractivity contribution in [2.45, 2.75) is 24.2 Å². The maximum Gasteiger partial charge on any atom is 0.123 e. The van der Waals surface area contributed by atoms with E-state index in [0.717, 1.165) is 31.2 Å². The van der Waals surface area contributed by atoms with Crippen molar-refractivity contribution in [2.75, 3.05) is 26.5 Å². The van der Waals surface area contributed by atoms with Gasteiger partial charge in [-0.1, -0.05) is 6.07 Å². The molecule has 0 atom stereocenters. The normalized spacial score (nSPS) is 17.1. The molecule has 1 aromatic carbocycles. The van der Waals surface area contributed by atoms with Gasteiger partial charge in [-0.2, -0.15) is 0 Å². The van der Waals surface area contributed by atoms with Gasteiger partial charge in [0.1, 0.15) is 5.75 Å².